The fourth-order valence-corrected chi connectivity index (χ4v) is 3.97. The average Bonchev–Trinajstić information content (AvgIpc) is 2.44. The largest absolute Gasteiger partial charge is 0.303 e. The summed E-state index contributed by atoms with van der Waals surface area (Å²) in [4.78, 5) is 2.38. The van der Waals surface area contributed by atoms with Crippen LogP contribution in [0.1, 0.15) is 20.8 Å². The average molecular weight is 319 g/mol. The SMILES string of the molecule is CCN(CC)CCN(CC)S(=O)(=O)c1ccccc1Cl. The molecule has 0 heterocycles. The number of rotatable bonds is 8. The molecule has 0 aliphatic rings. The third-order valence-corrected chi connectivity index (χ3v) is 5.84. The Balaban J connectivity index is 2.91. The Hall–Kier alpha value is -0.620. The van der Waals surface area contributed by atoms with Gasteiger partial charge in [-0.25, -0.2) is 8.42 Å². The van der Waals surface area contributed by atoms with Crippen molar-refractivity contribution in [2.24, 2.45) is 0 Å². The van der Waals surface area contributed by atoms with E-state index in [-0.39, 0.29) is 9.92 Å². The molecule has 0 amide bonds. The minimum atomic E-state index is -3.52. The first kappa shape index (κ1) is 17.4. The maximum absolute atomic E-state index is 12.6. The molecule has 1 aromatic carbocycles. The number of hydrogen-bond donors (Lipinski definition) is 0. The standard InChI is InChI=1S/C14H23ClN2O2S/c1-4-16(5-2)11-12-17(6-3)20(18,19)14-10-8-7-9-13(14)15/h7-10H,4-6,11-12H2,1-3H3. The number of halogens is 1. The van der Waals surface area contributed by atoms with Crippen LogP contribution in [0.15, 0.2) is 29.2 Å². The van der Waals surface area contributed by atoms with Crippen LogP contribution in [0, 0.1) is 0 Å². The maximum atomic E-state index is 12.6. The van der Waals surface area contributed by atoms with E-state index in [1.807, 2.05) is 6.92 Å². The van der Waals surface area contributed by atoms with E-state index in [0.29, 0.717) is 13.1 Å². The van der Waals surface area contributed by atoms with Crippen molar-refractivity contribution in [3.8, 4) is 0 Å². The van der Waals surface area contributed by atoms with Crippen molar-refractivity contribution in [2.75, 3.05) is 32.7 Å². The van der Waals surface area contributed by atoms with Crippen molar-refractivity contribution < 1.29 is 8.42 Å². The molecular weight excluding hydrogens is 296 g/mol. The zero-order valence-electron chi connectivity index (χ0n) is 12.3. The molecule has 1 rings (SSSR count). The van der Waals surface area contributed by atoms with Gasteiger partial charge in [0, 0.05) is 19.6 Å². The molecule has 0 fully saturated rings. The zero-order chi connectivity index (χ0) is 15.2. The van der Waals surface area contributed by atoms with E-state index in [9.17, 15) is 8.42 Å². The highest BCUT2D eigenvalue weighted by molar-refractivity contribution is 7.89. The van der Waals surface area contributed by atoms with E-state index in [0.717, 1.165) is 19.6 Å². The van der Waals surface area contributed by atoms with Crippen LogP contribution in [-0.4, -0.2) is 50.3 Å². The molecule has 6 heteroatoms. The number of hydrogen-bond acceptors (Lipinski definition) is 3. The fraction of sp³-hybridized carbons (Fsp3) is 0.571. The number of nitrogens with zero attached hydrogens (tertiary/aromatic N) is 2. The Kier molecular flexibility index (Phi) is 6.95. The number of likely N-dealkylation sites (N-methyl/N-ethyl adjacent to an activating group) is 2. The van der Waals surface area contributed by atoms with Gasteiger partial charge in [-0.1, -0.05) is 44.5 Å². The molecule has 20 heavy (non-hydrogen) atoms. The van der Waals surface area contributed by atoms with Gasteiger partial charge < -0.3 is 4.90 Å². The van der Waals surface area contributed by atoms with Gasteiger partial charge in [-0.05, 0) is 25.2 Å². The van der Waals surface area contributed by atoms with Crippen LogP contribution in [0.3, 0.4) is 0 Å². The van der Waals surface area contributed by atoms with Gasteiger partial charge in [-0.3, -0.25) is 0 Å². The lowest BCUT2D eigenvalue weighted by Crippen LogP contribution is -2.38. The predicted molar refractivity (Wildman–Crippen MR) is 83.7 cm³/mol. The van der Waals surface area contributed by atoms with Gasteiger partial charge >= 0.3 is 0 Å². The Bertz CT molecular complexity index is 516. The summed E-state index contributed by atoms with van der Waals surface area (Å²) < 4.78 is 26.7. The van der Waals surface area contributed by atoms with E-state index < -0.39 is 10.0 Å². The van der Waals surface area contributed by atoms with E-state index in [2.05, 4.69) is 18.7 Å². The quantitative estimate of drug-likeness (QED) is 0.740. The summed E-state index contributed by atoms with van der Waals surface area (Å²) >= 11 is 6.01. The third-order valence-electron chi connectivity index (χ3n) is 3.37. The smallest absolute Gasteiger partial charge is 0.244 e. The predicted octanol–water partition coefficient (Wildman–Crippen LogP) is 2.69. The van der Waals surface area contributed by atoms with Crippen LogP contribution in [0.2, 0.25) is 5.02 Å². The van der Waals surface area contributed by atoms with Crippen molar-refractivity contribution in [1.29, 1.82) is 0 Å². The highest BCUT2D eigenvalue weighted by atomic mass is 35.5. The van der Waals surface area contributed by atoms with Crippen molar-refractivity contribution in [3.05, 3.63) is 29.3 Å². The van der Waals surface area contributed by atoms with Gasteiger partial charge in [0.1, 0.15) is 4.90 Å². The number of benzene rings is 1. The number of sulfonamides is 1. The normalized spacial score (nSPS) is 12.3. The minimum absolute atomic E-state index is 0.183. The van der Waals surface area contributed by atoms with Crippen LogP contribution in [-0.2, 0) is 10.0 Å². The Morgan fingerprint density at radius 3 is 2.10 bits per heavy atom. The molecule has 0 aliphatic carbocycles. The first-order chi connectivity index (χ1) is 9.47. The summed E-state index contributed by atoms with van der Waals surface area (Å²) in [6.07, 6.45) is 0. The lowest BCUT2D eigenvalue weighted by atomic mass is 10.4. The summed E-state index contributed by atoms with van der Waals surface area (Å²) in [5, 5.41) is 0.272. The topological polar surface area (TPSA) is 40.6 Å². The van der Waals surface area contributed by atoms with Crippen LogP contribution < -0.4 is 0 Å². The van der Waals surface area contributed by atoms with E-state index in [4.69, 9.17) is 11.6 Å². The van der Waals surface area contributed by atoms with Gasteiger partial charge in [0.25, 0.3) is 0 Å². The molecule has 0 aliphatic heterocycles. The second-order valence-electron chi connectivity index (χ2n) is 4.45. The Labute approximate surface area is 127 Å². The van der Waals surface area contributed by atoms with Gasteiger partial charge in [0.2, 0.25) is 10.0 Å². The van der Waals surface area contributed by atoms with Crippen molar-refractivity contribution in [2.45, 2.75) is 25.7 Å². The fourth-order valence-electron chi connectivity index (χ4n) is 2.03. The van der Waals surface area contributed by atoms with Gasteiger partial charge in [-0.15, -0.1) is 0 Å². The highest BCUT2D eigenvalue weighted by Crippen LogP contribution is 2.23. The molecule has 0 radical (unpaired) electrons. The molecule has 0 bridgehead atoms. The van der Waals surface area contributed by atoms with E-state index in [1.165, 1.54) is 4.31 Å². The molecule has 1 aromatic rings. The summed E-state index contributed by atoms with van der Waals surface area (Å²) in [7, 11) is -3.52. The monoisotopic (exact) mass is 318 g/mol. The van der Waals surface area contributed by atoms with Crippen LogP contribution in [0.5, 0.6) is 0 Å². The lowest BCUT2D eigenvalue weighted by Gasteiger charge is -2.25. The van der Waals surface area contributed by atoms with Crippen LogP contribution in [0.4, 0.5) is 0 Å². The first-order valence-corrected chi connectivity index (χ1v) is 8.76. The molecular formula is C14H23ClN2O2S. The van der Waals surface area contributed by atoms with E-state index >= 15 is 0 Å². The van der Waals surface area contributed by atoms with Gasteiger partial charge in [0.15, 0.2) is 0 Å². The molecule has 0 saturated carbocycles. The molecule has 114 valence electrons. The summed E-state index contributed by atoms with van der Waals surface area (Å²) in [5.74, 6) is 0. The highest BCUT2D eigenvalue weighted by Gasteiger charge is 2.25. The zero-order valence-corrected chi connectivity index (χ0v) is 13.9. The van der Waals surface area contributed by atoms with Crippen molar-refractivity contribution in [1.82, 2.24) is 9.21 Å². The molecule has 0 aromatic heterocycles. The maximum Gasteiger partial charge on any atom is 0.244 e. The van der Waals surface area contributed by atoms with Crippen LogP contribution >= 0.6 is 11.6 Å². The molecule has 4 nitrogen and oxygen atoms in total. The van der Waals surface area contributed by atoms with Crippen molar-refractivity contribution >= 4 is 21.6 Å². The second kappa shape index (κ2) is 7.98. The van der Waals surface area contributed by atoms with Crippen LogP contribution in [0.25, 0.3) is 0 Å². The second-order valence-corrected chi connectivity index (χ2v) is 6.77. The van der Waals surface area contributed by atoms with Gasteiger partial charge in [0.05, 0.1) is 5.02 Å². The Morgan fingerprint density at radius 2 is 1.60 bits per heavy atom. The Morgan fingerprint density at radius 1 is 1.00 bits per heavy atom. The molecule has 0 spiro atoms. The van der Waals surface area contributed by atoms with E-state index in [1.54, 1.807) is 24.3 Å². The minimum Gasteiger partial charge on any atom is -0.303 e. The van der Waals surface area contributed by atoms with Gasteiger partial charge in [-0.2, -0.15) is 4.31 Å². The summed E-state index contributed by atoms with van der Waals surface area (Å²) in [5.41, 5.74) is 0. The molecule has 0 unspecified atom stereocenters. The van der Waals surface area contributed by atoms with Crippen molar-refractivity contribution in [3.63, 3.8) is 0 Å². The summed E-state index contributed by atoms with van der Waals surface area (Å²) in [6.45, 7) is 9.47. The molecule has 0 atom stereocenters. The molecule has 0 N–H and O–H groups in total. The lowest BCUT2D eigenvalue weighted by molar-refractivity contribution is 0.274. The third kappa shape index (κ3) is 4.19. The summed E-state index contributed by atoms with van der Waals surface area (Å²) in [6, 6.07) is 6.58. The molecule has 0 saturated heterocycles. The first-order valence-electron chi connectivity index (χ1n) is 6.94.